The molecule has 0 atom stereocenters. The molecule has 1 fully saturated rings. The Balaban J connectivity index is 2.27. The summed E-state index contributed by atoms with van der Waals surface area (Å²) in [6.45, 7) is 2.99. The Labute approximate surface area is 163 Å². The number of hydrogen-bond donors (Lipinski definition) is 0. The molecule has 2 aliphatic rings. The van der Waals surface area contributed by atoms with E-state index in [2.05, 4.69) is 0 Å². The van der Waals surface area contributed by atoms with Gasteiger partial charge in [-0.3, -0.25) is 0 Å². The number of carboxylic acid groups (broad SMARTS) is 2. The first-order chi connectivity index (χ1) is 12.9. The lowest BCUT2D eigenvalue weighted by Crippen LogP contribution is -2.42. The first kappa shape index (κ1) is 20.3. The quantitative estimate of drug-likeness (QED) is 0.753. The fourth-order valence-electron chi connectivity index (χ4n) is 3.76. The van der Waals surface area contributed by atoms with Crippen LogP contribution in [0.1, 0.15) is 43.7 Å². The van der Waals surface area contributed by atoms with E-state index < -0.39 is 45.8 Å². The van der Waals surface area contributed by atoms with Crippen molar-refractivity contribution < 1.29 is 33.0 Å². The van der Waals surface area contributed by atoms with Crippen LogP contribution >= 0.6 is 11.6 Å². The maximum Gasteiger partial charge on any atom is 0.417 e. The van der Waals surface area contributed by atoms with E-state index in [1.807, 2.05) is 0 Å². The minimum Gasteiger partial charge on any atom is -0.545 e. The molecular formula is C19H15ClF3NO4-2. The van der Waals surface area contributed by atoms with Crippen LogP contribution in [0, 0.1) is 0 Å². The number of alkyl halides is 3. The molecule has 1 saturated carbocycles. The van der Waals surface area contributed by atoms with Gasteiger partial charge >= 0.3 is 6.18 Å². The van der Waals surface area contributed by atoms with Gasteiger partial charge in [0.05, 0.1) is 22.5 Å². The molecule has 150 valence electrons. The van der Waals surface area contributed by atoms with Crippen molar-refractivity contribution in [2.24, 2.45) is 0 Å². The van der Waals surface area contributed by atoms with Crippen molar-refractivity contribution in [3.05, 3.63) is 56.9 Å². The van der Waals surface area contributed by atoms with E-state index in [0.29, 0.717) is 6.07 Å². The number of carbonyl (C=O) groups is 2. The second-order valence-corrected chi connectivity index (χ2v) is 7.25. The summed E-state index contributed by atoms with van der Waals surface area (Å²) in [5, 5.41) is 23.2. The topological polar surface area (TPSA) is 83.5 Å². The van der Waals surface area contributed by atoms with Gasteiger partial charge in [-0.15, -0.1) is 0 Å². The molecule has 0 radical (unpaired) electrons. The summed E-state index contributed by atoms with van der Waals surface area (Å²) in [4.78, 5) is 25.4. The van der Waals surface area contributed by atoms with E-state index in [4.69, 9.17) is 11.6 Å². The lowest BCUT2D eigenvalue weighted by molar-refractivity contribution is -0.300. The van der Waals surface area contributed by atoms with Crippen LogP contribution in [0.15, 0.2) is 40.7 Å². The molecule has 0 amide bonds. The van der Waals surface area contributed by atoms with Gasteiger partial charge in [-0.2, -0.15) is 13.2 Å². The highest BCUT2D eigenvalue weighted by molar-refractivity contribution is 6.31. The number of carbonyl (C=O) groups excluding carboxylic acids is 2. The molecule has 0 aromatic heterocycles. The summed E-state index contributed by atoms with van der Waals surface area (Å²) in [7, 11) is 0. The Morgan fingerprint density at radius 1 is 1.07 bits per heavy atom. The van der Waals surface area contributed by atoms with Gasteiger partial charge in [0.25, 0.3) is 0 Å². The van der Waals surface area contributed by atoms with E-state index in [-0.39, 0.29) is 23.0 Å². The molecule has 9 heteroatoms. The third kappa shape index (κ3) is 3.37. The average Bonchev–Trinajstić information content (AvgIpc) is 3.37. The molecule has 1 aliphatic heterocycles. The predicted molar refractivity (Wildman–Crippen MR) is 89.5 cm³/mol. The van der Waals surface area contributed by atoms with Gasteiger partial charge in [0, 0.05) is 34.5 Å². The fraction of sp³-hybridized carbons (Fsp3) is 0.368. The smallest absolute Gasteiger partial charge is 0.417 e. The van der Waals surface area contributed by atoms with Crippen molar-refractivity contribution in [2.75, 3.05) is 0 Å². The van der Waals surface area contributed by atoms with Gasteiger partial charge in [-0.1, -0.05) is 17.7 Å². The third-order valence-corrected chi connectivity index (χ3v) is 5.39. The van der Waals surface area contributed by atoms with Gasteiger partial charge in [0.15, 0.2) is 0 Å². The zero-order valence-electron chi connectivity index (χ0n) is 14.9. The molecule has 28 heavy (non-hydrogen) atoms. The highest BCUT2D eigenvalue weighted by Crippen LogP contribution is 2.47. The third-order valence-electron chi connectivity index (χ3n) is 5.06. The number of aliphatic carboxylic acids is 2. The summed E-state index contributed by atoms with van der Waals surface area (Å²) in [6, 6.07) is 2.77. The Bertz CT molecular complexity index is 894. The molecule has 1 aromatic carbocycles. The van der Waals surface area contributed by atoms with Crippen molar-refractivity contribution in [2.45, 2.75) is 44.8 Å². The van der Waals surface area contributed by atoms with Gasteiger partial charge < -0.3 is 24.7 Å². The molecule has 1 aliphatic carbocycles. The van der Waals surface area contributed by atoms with Crippen LogP contribution < -0.4 is 10.2 Å². The Morgan fingerprint density at radius 2 is 1.57 bits per heavy atom. The molecule has 0 unspecified atom stereocenters. The summed E-state index contributed by atoms with van der Waals surface area (Å²) < 4.78 is 39.8. The van der Waals surface area contributed by atoms with Gasteiger partial charge in [-0.25, -0.2) is 0 Å². The van der Waals surface area contributed by atoms with Crippen LogP contribution in [0.5, 0.6) is 0 Å². The molecule has 0 N–H and O–H groups in total. The van der Waals surface area contributed by atoms with Gasteiger partial charge in [0.2, 0.25) is 0 Å². The average molecular weight is 414 g/mol. The van der Waals surface area contributed by atoms with E-state index in [0.717, 1.165) is 18.9 Å². The first-order valence-electron chi connectivity index (χ1n) is 8.45. The Kier molecular flexibility index (Phi) is 4.95. The molecule has 3 rings (SSSR count). The normalized spacial score (nSPS) is 18.7. The van der Waals surface area contributed by atoms with E-state index in [1.54, 1.807) is 4.90 Å². The molecule has 1 aromatic rings. The van der Waals surface area contributed by atoms with Crippen molar-refractivity contribution >= 4 is 23.5 Å². The van der Waals surface area contributed by atoms with Crippen LogP contribution in [0.2, 0.25) is 5.02 Å². The number of hydrogen-bond acceptors (Lipinski definition) is 5. The second-order valence-electron chi connectivity index (χ2n) is 6.84. The molecule has 0 saturated heterocycles. The number of halogens is 4. The van der Waals surface area contributed by atoms with Crippen LogP contribution in [-0.2, 0) is 15.8 Å². The predicted octanol–water partition coefficient (Wildman–Crippen LogP) is 1.97. The number of benzene rings is 1. The molecule has 0 bridgehead atoms. The Hall–Kier alpha value is -2.48. The van der Waals surface area contributed by atoms with Crippen molar-refractivity contribution in [3.63, 3.8) is 0 Å². The molecule has 1 heterocycles. The molecular weight excluding hydrogens is 399 g/mol. The zero-order chi connectivity index (χ0) is 21.0. The molecule has 0 spiro atoms. The minimum atomic E-state index is -4.79. The number of nitrogens with zero attached hydrogens (tertiary/aromatic N) is 1. The van der Waals surface area contributed by atoms with Crippen molar-refractivity contribution in [1.82, 2.24) is 4.90 Å². The summed E-state index contributed by atoms with van der Waals surface area (Å²) in [5.41, 5.74) is -1.64. The highest BCUT2D eigenvalue weighted by atomic mass is 35.5. The van der Waals surface area contributed by atoms with Gasteiger partial charge in [0.1, 0.15) is 0 Å². The lowest BCUT2D eigenvalue weighted by atomic mass is 9.79. The van der Waals surface area contributed by atoms with Gasteiger partial charge in [-0.05, 0) is 44.4 Å². The van der Waals surface area contributed by atoms with Crippen LogP contribution in [-0.4, -0.2) is 22.9 Å². The summed E-state index contributed by atoms with van der Waals surface area (Å²) in [5.74, 6) is -4.77. The van der Waals surface area contributed by atoms with Crippen molar-refractivity contribution in [1.29, 1.82) is 0 Å². The second kappa shape index (κ2) is 6.84. The monoisotopic (exact) mass is 413 g/mol. The van der Waals surface area contributed by atoms with Crippen molar-refractivity contribution in [3.8, 4) is 0 Å². The molecule has 5 nitrogen and oxygen atoms in total. The zero-order valence-corrected chi connectivity index (χ0v) is 15.6. The maximum atomic E-state index is 13.3. The van der Waals surface area contributed by atoms with Crippen LogP contribution in [0.4, 0.5) is 13.2 Å². The SMILES string of the molecule is CC1=C(C(=O)[O-])C(c2ccc(Cl)c(C(F)(F)F)c2)C(C(=O)[O-])=C(C)N1C1CC1. The Morgan fingerprint density at radius 3 is 1.96 bits per heavy atom. The summed E-state index contributed by atoms with van der Waals surface area (Å²) >= 11 is 5.64. The lowest BCUT2D eigenvalue weighted by Gasteiger charge is -2.40. The standard InChI is InChI=1S/C19H17ClF3NO4/c1-8-14(17(25)26)16(10-3-6-13(20)12(7-10)19(21,22)23)15(18(27)28)9(2)24(8)11-4-5-11/h3,6-7,11,16H,4-5H2,1-2H3,(H,25,26)(H,27,28)/p-2. The van der Waals surface area contributed by atoms with E-state index in [9.17, 15) is 33.0 Å². The first-order valence-corrected chi connectivity index (χ1v) is 8.83. The minimum absolute atomic E-state index is 0.0550. The van der Waals surface area contributed by atoms with Crippen LogP contribution in [0.3, 0.4) is 0 Å². The summed E-state index contributed by atoms with van der Waals surface area (Å²) in [6.07, 6.45) is -3.29. The number of allylic oxidation sites excluding steroid dienone is 2. The number of carboxylic acids is 2. The largest absolute Gasteiger partial charge is 0.545 e. The van der Waals surface area contributed by atoms with E-state index in [1.165, 1.54) is 19.9 Å². The van der Waals surface area contributed by atoms with Crippen LogP contribution in [0.25, 0.3) is 0 Å². The fourth-order valence-corrected chi connectivity index (χ4v) is 3.98. The highest BCUT2D eigenvalue weighted by Gasteiger charge is 2.41. The number of rotatable bonds is 4. The van der Waals surface area contributed by atoms with E-state index >= 15 is 0 Å². The maximum absolute atomic E-state index is 13.3.